The summed E-state index contributed by atoms with van der Waals surface area (Å²) in [5.74, 6) is 0. The molecule has 1 unspecified atom stereocenters. The molecule has 6 heteroatoms. The van der Waals surface area contributed by atoms with Crippen LogP contribution in [0.5, 0.6) is 0 Å². The Morgan fingerprint density at radius 3 is 2.89 bits per heavy atom. The predicted octanol–water partition coefficient (Wildman–Crippen LogP) is 2.23. The number of aromatic amines is 1. The number of hydrogen-bond acceptors (Lipinski definition) is 4. The van der Waals surface area contributed by atoms with Gasteiger partial charge in [0.05, 0.1) is 35.9 Å². The molecule has 1 aromatic carbocycles. The lowest BCUT2D eigenvalue weighted by atomic mass is 10.2. The maximum atomic E-state index is 9.09. The average molecular weight is 277 g/mol. The SMILES string of the molecule is COCC(Cn1c(=S)[nH]c2c(C#N)cccc21)OC. The van der Waals surface area contributed by atoms with Gasteiger partial charge in [-0.05, 0) is 24.4 Å². The molecule has 0 spiro atoms. The third-order valence-corrected chi connectivity index (χ3v) is 3.33. The zero-order chi connectivity index (χ0) is 13.8. The number of rotatable bonds is 5. The van der Waals surface area contributed by atoms with Crippen molar-refractivity contribution in [3.63, 3.8) is 0 Å². The second-order valence-electron chi connectivity index (χ2n) is 4.17. The number of nitrogens with zero attached hydrogens (tertiary/aromatic N) is 2. The highest BCUT2D eigenvalue weighted by molar-refractivity contribution is 7.71. The molecule has 1 N–H and O–H groups in total. The largest absolute Gasteiger partial charge is 0.382 e. The minimum absolute atomic E-state index is 0.0820. The van der Waals surface area contributed by atoms with Crippen LogP contribution in [0, 0.1) is 16.1 Å². The van der Waals surface area contributed by atoms with E-state index in [-0.39, 0.29) is 6.10 Å². The summed E-state index contributed by atoms with van der Waals surface area (Å²) < 4.78 is 13.0. The summed E-state index contributed by atoms with van der Waals surface area (Å²) in [6.45, 7) is 1.07. The second-order valence-corrected chi connectivity index (χ2v) is 4.55. The summed E-state index contributed by atoms with van der Waals surface area (Å²) in [4.78, 5) is 3.08. The van der Waals surface area contributed by atoms with Crippen molar-refractivity contribution in [2.75, 3.05) is 20.8 Å². The van der Waals surface area contributed by atoms with Gasteiger partial charge in [-0.25, -0.2) is 0 Å². The van der Waals surface area contributed by atoms with Gasteiger partial charge in [0.2, 0.25) is 0 Å². The van der Waals surface area contributed by atoms with E-state index in [4.69, 9.17) is 27.0 Å². The van der Waals surface area contributed by atoms with Crippen molar-refractivity contribution in [1.29, 1.82) is 5.26 Å². The Bertz CT molecular complexity index is 669. The van der Waals surface area contributed by atoms with Gasteiger partial charge in [0.1, 0.15) is 6.07 Å². The molecule has 2 aromatic rings. The van der Waals surface area contributed by atoms with Crippen LogP contribution >= 0.6 is 12.2 Å². The van der Waals surface area contributed by atoms with Gasteiger partial charge in [-0.2, -0.15) is 5.26 Å². The fourth-order valence-corrected chi connectivity index (χ4v) is 2.31. The number of nitriles is 1. The van der Waals surface area contributed by atoms with Gasteiger partial charge in [-0.3, -0.25) is 0 Å². The van der Waals surface area contributed by atoms with E-state index >= 15 is 0 Å². The molecule has 19 heavy (non-hydrogen) atoms. The molecule has 1 atom stereocenters. The Morgan fingerprint density at radius 2 is 2.26 bits per heavy atom. The fourth-order valence-electron chi connectivity index (χ4n) is 2.04. The van der Waals surface area contributed by atoms with Gasteiger partial charge in [-0.1, -0.05) is 6.07 Å². The van der Waals surface area contributed by atoms with Gasteiger partial charge in [-0.15, -0.1) is 0 Å². The molecule has 2 rings (SSSR count). The highest BCUT2D eigenvalue weighted by atomic mass is 32.1. The summed E-state index contributed by atoms with van der Waals surface area (Å²) in [7, 11) is 3.27. The minimum atomic E-state index is -0.0820. The molecule has 0 bridgehead atoms. The van der Waals surface area contributed by atoms with E-state index in [1.54, 1.807) is 20.3 Å². The van der Waals surface area contributed by atoms with E-state index in [1.165, 1.54) is 0 Å². The van der Waals surface area contributed by atoms with Crippen LogP contribution in [0.1, 0.15) is 5.56 Å². The molecule has 0 aliphatic heterocycles. The molecule has 0 saturated carbocycles. The van der Waals surface area contributed by atoms with Gasteiger partial charge in [0.15, 0.2) is 4.77 Å². The monoisotopic (exact) mass is 277 g/mol. The lowest BCUT2D eigenvalue weighted by molar-refractivity contribution is 0.0188. The van der Waals surface area contributed by atoms with E-state index in [1.807, 2.05) is 16.7 Å². The maximum Gasteiger partial charge on any atom is 0.178 e. The van der Waals surface area contributed by atoms with Crippen molar-refractivity contribution in [3.8, 4) is 6.07 Å². The standard InChI is InChI=1S/C13H15N3O2S/c1-17-8-10(18-2)7-16-11-5-3-4-9(6-14)12(11)15-13(16)19/h3-5,10H,7-8H2,1-2H3,(H,15,19). The van der Waals surface area contributed by atoms with E-state index in [2.05, 4.69) is 11.1 Å². The zero-order valence-corrected chi connectivity index (χ0v) is 11.7. The van der Waals surface area contributed by atoms with Gasteiger partial charge in [0.25, 0.3) is 0 Å². The number of methoxy groups -OCH3 is 2. The van der Waals surface area contributed by atoms with Crippen LogP contribution in [0.25, 0.3) is 11.0 Å². The maximum absolute atomic E-state index is 9.09. The van der Waals surface area contributed by atoms with Gasteiger partial charge >= 0.3 is 0 Å². The van der Waals surface area contributed by atoms with Crippen molar-refractivity contribution in [2.24, 2.45) is 0 Å². The first-order valence-electron chi connectivity index (χ1n) is 5.84. The molecule has 0 amide bonds. The Hall–Kier alpha value is -1.68. The van der Waals surface area contributed by atoms with Crippen LogP contribution in [-0.2, 0) is 16.0 Å². The van der Waals surface area contributed by atoms with Crippen molar-refractivity contribution < 1.29 is 9.47 Å². The number of hydrogen-bond donors (Lipinski definition) is 1. The highest BCUT2D eigenvalue weighted by Gasteiger charge is 2.13. The van der Waals surface area contributed by atoms with Crippen molar-refractivity contribution in [1.82, 2.24) is 9.55 Å². The summed E-state index contributed by atoms with van der Waals surface area (Å²) in [5.41, 5.74) is 2.26. The summed E-state index contributed by atoms with van der Waals surface area (Å²) >= 11 is 5.31. The molecule has 1 aromatic heterocycles. The molecule has 0 radical (unpaired) electrons. The second kappa shape index (κ2) is 5.97. The first kappa shape index (κ1) is 13.7. The molecule has 1 heterocycles. The van der Waals surface area contributed by atoms with E-state index in [0.717, 1.165) is 11.0 Å². The van der Waals surface area contributed by atoms with E-state index in [0.29, 0.717) is 23.5 Å². The molecular formula is C13H15N3O2S. The van der Waals surface area contributed by atoms with E-state index in [9.17, 15) is 0 Å². The topological polar surface area (TPSA) is 63.0 Å². The van der Waals surface area contributed by atoms with Crippen LogP contribution in [0.3, 0.4) is 0 Å². The van der Waals surface area contributed by atoms with Crippen molar-refractivity contribution >= 4 is 23.3 Å². The number of para-hydroxylation sites is 1. The van der Waals surface area contributed by atoms with Gasteiger partial charge < -0.3 is 19.0 Å². The normalized spacial score (nSPS) is 12.5. The predicted molar refractivity (Wildman–Crippen MR) is 74.5 cm³/mol. The van der Waals surface area contributed by atoms with Crippen LogP contribution in [-0.4, -0.2) is 36.5 Å². The first-order valence-corrected chi connectivity index (χ1v) is 6.25. The van der Waals surface area contributed by atoms with Crippen LogP contribution in [0.4, 0.5) is 0 Å². The molecule has 0 saturated heterocycles. The summed E-state index contributed by atoms with van der Waals surface area (Å²) in [6, 6.07) is 7.70. The summed E-state index contributed by atoms with van der Waals surface area (Å²) in [6.07, 6.45) is -0.0820. The average Bonchev–Trinajstić information content (AvgIpc) is 2.74. The smallest absolute Gasteiger partial charge is 0.178 e. The fraction of sp³-hybridized carbons (Fsp3) is 0.385. The number of imidazole rings is 1. The van der Waals surface area contributed by atoms with Crippen LogP contribution in [0.15, 0.2) is 18.2 Å². The Morgan fingerprint density at radius 1 is 1.47 bits per heavy atom. The van der Waals surface area contributed by atoms with Gasteiger partial charge in [0, 0.05) is 14.2 Å². The lowest BCUT2D eigenvalue weighted by Crippen LogP contribution is -2.23. The van der Waals surface area contributed by atoms with Crippen LogP contribution in [0.2, 0.25) is 0 Å². The number of nitrogens with one attached hydrogen (secondary N) is 1. The molecule has 0 aliphatic carbocycles. The Labute approximate surface area is 116 Å². The number of H-pyrrole nitrogens is 1. The lowest BCUT2D eigenvalue weighted by Gasteiger charge is -2.15. The third kappa shape index (κ3) is 2.68. The molecule has 5 nitrogen and oxygen atoms in total. The van der Waals surface area contributed by atoms with Crippen molar-refractivity contribution in [2.45, 2.75) is 12.6 Å². The molecule has 0 fully saturated rings. The van der Waals surface area contributed by atoms with Crippen LogP contribution < -0.4 is 0 Å². The number of fused-ring (bicyclic) bond motifs is 1. The number of benzene rings is 1. The molecule has 0 aliphatic rings. The van der Waals surface area contributed by atoms with E-state index < -0.39 is 0 Å². The summed E-state index contributed by atoms with van der Waals surface area (Å²) in [5, 5.41) is 9.09. The number of aromatic nitrogens is 2. The Balaban J connectivity index is 2.47. The minimum Gasteiger partial charge on any atom is -0.382 e. The molecular weight excluding hydrogens is 262 g/mol. The zero-order valence-electron chi connectivity index (χ0n) is 10.8. The quantitative estimate of drug-likeness (QED) is 0.851. The Kier molecular flexibility index (Phi) is 4.32. The molecule has 100 valence electrons. The first-order chi connectivity index (χ1) is 9.21. The number of ether oxygens (including phenoxy) is 2. The third-order valence-electron chi connectivity index (χ3n) is 3.00. The van der Waals surface area contributed by atoms with Crippen molar-refractivity contribution in [3.05, 3.63) is 28.5 Å². The highest BCUT2D eigenvalue weighted by Crippen LogP contribution is 2.18.